The highest BCUT2D eigenvalue weighted by molar-refractivity contribution is 6.04. The zero-order valence-corrected chi connectivity index (χ0v) is 32.6. The lowest BCUT2D eigenvalue weighted by Crippen LogP contribution is -2.14. The fourth-order valence-corrected chi connectivity index (χ4v) is 8.68. The van der Waals surface area contributed by atoms with Gasteiger partial charge in [-0.05, 0) is 111 Å². The Bertz CT molecular complexity index is 3190. The molecule has 11 rings (SSSR count). The van der Waals surface area contributed by atoms with Crippen LogP contribution >= 0.6 is 0 Å². The van der Waals surface area contributed by atoms with E-state index in [1.165, 1.54) is 33.4 Å². The second-order valence-corrected chi connectivity index (χ2v) is 15.8. The van der Waals surface area contributed by atoms with Crippen LogP contribution in [0, 0.1) is 0 Å². The fraction of sp³-hybridized carbons (Fsp3) is 0.0556. The predicted molar refractivity (Wildman–Crippen MR) is 241 cm³/mol. The molecular formula is C54H37N5. The third-order valence-electron chi connectivity index (χ3n) is 11.8. The van der Waals surface area contributed by atoms with E-state index in [1.54, 1.807) is 12.4 Å². The third kappa shape index (κ3) is 6.07. The molecule has 0 atom stereocenters. The van der Waals surface area contributed by atoms with Gasteiger partial charge in [-0.25, -0.2) is 15.0 Å². The first-order chi connectivity index (χ1) is 29.0. The first kappa shape index (κ1) is 34.6. The Kier molecular flexibility index (Phi) is 8.09. The molecule has 5 nitrogen and oxygen atoms in total. The lowest BCUT2D eigenvalue weighted by molar-refractivity contribution is 0.660. The molecule has 10 aromatic rings. The van der Waals surface area contributed by atoms with Crippen molar-refractivity contribution < 1.29 is 0 Å². The minimum absolute atomic E-state index is 0.0556. The van der Waals surface area contributed by atoms with E-state index in [4.69, 9.17) is 15.0 Å². The molecule has 0 saturated heterocycles. The number of fused-ring (bicyclic) bond motifs is 6. The number of nitrogens with zero attached hydrogens (tertiary/aromatic N) is 5. The summed E-state index contributed by atoms with van der Waals surface area (Å²) in [6, 6.07) is 61.8. The molecule has 0 spiro atoms. The van der Waals surface area contributed by atoms with Gasteiger partial charge in [0.15, 0.2) is 0 Å². The van der Waals surface area contributed by atoms with Crippen LogP contribution < -0.4 is 0 Å². The minimum atomic E-state index is -0.0556. The summed E-state index contributed by atoms with van der Waals surface area (Å²) in [5.41, 5.74) is 18.7. The molecule has 0 bridgehead atoms. The monoisotopic (exact) mass is 755 g/mol. The average molecular weight is 756 g/mol. The van der Waals surface area contributed by atoms with Crippen LogP contribution in [-0.4, -0.2) is 24.9 Å². The molecule has 0 radical (unpaired) electrons. The van der Waals surface area contributed by atoms with Crippen molar-refractivity contribution in [2.45, 2.75) is 19.3 Å². The Morgan fingerprint density at radius 3 is 1.42 bits per heavy atom. The summed E-state index contributed by atoms with van der Waals surface area (Å²) in [5, 5.41) is 2.10. The van der Waals surface area contributed by atoms with Gasteiger partial charge < -0.3 is 0 Å². The Labute approximate surface area is 342 Å². The lowest BCUT2D eigenvalue weighted by Gasteiger charge is -2.22. The van der Waals surface area contributed by atoms with Crippen LogP contribution in [0.1, 0.15) is 25.0 Å². The second kappa shape index (κ2) is 13.8. The SMILES string of the molecule is CC1(C)c2ccccc2-c2ccc(-c3cccc(-c4ccc5ccc6ccc(-c7cccc(-c8cc(-c9ccccn9)nc(-c9ccccn9)c8)c7)nc6c5n4)c3)cc21. The minimum Gasteiger partial charge on any atom is -0.255 e. The van der Waals surface area contributed by atoms with Gasteiger partial charge in [-0.2, -0.15) is 0 Å². The van der Waals surface area contributed by atoms with E-state index in [0.717, 1.165) is 78.2 Å². The zero-order chi connectivity index (χ0) is 39.5. The molecule has 0 unspecified atom stereocenters. The highest BCUT2D eigenvalue weighted by atomic mass is 14.8. The molecule has 0 aliphatic heterocycles. The summed E-state index contributed by atoms with van der Waals surface area (Å²) in [4.78, 5) is 24.8. The van der Waals surface area contributed by atoms with Gasteiger partial charge in [0.2, 0.25) is 0 Å². The molecule has 5 heterocycles. The summed E-state index contributed by atoms with van der Waals surface area (Å²) in [5.74, 6) is 0. The molecule has 0 saturated carbocycles. The second-order valence-electron chi connectivity index (χ2n) is 15.8. The maximum absolute atomic E-state index is 5.31. The van der Waals surface area contributed by atoms with Crippen molar-refractivity contribution in [2.24, 2.45) is 0 Å². The Hall–Kier alpha value is -7.63. The first-order valence-corrected chi connectivity index (χ1v) is 20.0. The fourth-order valence-electron chi connectivity index (χ4n) is 8.68. The summed E-state index contributed by atoms with van der Waals surface area (Å²) in [6.07, 6.45) is 3.59. The maximum Gasteiger partial charge on any atom is 0.0972 e. The molecule has 1 aliphatic rings. The van der Waals surface area contributed by atoms with E-state index in [-0.39, 0.29) is 5.41 Å². The summed E-state index contributed by atoms with van der Waals surface area (Å²) < 4.78 is 0. The number of rotatable bonds is 6. The van der Waals surface area contributed by atoms with Gasteiger partial charge in [-0.3, -0.25) is 9.97 Å². The van der Waals surface area contributed by atoms with E-state index >= 15 is 0 Å². The van der Waals surface area contributed by atoms with E-state index in [1.807, 2.05) is 36.4 Å². The van der Waals surface area contributed by atoms with E-state index in [2.05, 4.69) is 163 Å². The number of benzene rings is 5. The molecule has 0 N–H and O–H groups in total. The molecule has 5 aromatic heterocycles. The highest BCUT2D eigenvalue weighted by Crippen LogP contribution is 2.49. The third-order valence-corrected chi connectivity index (χ3v) is 11.8. The van der Waals surface area contributed by atoms with Crippen molar-refractivity contribution in [1.82, 2.24) is 24.9 Å². The Balaban J connectivity index is 0.965. The van der Waals surface area contributed by atoms with Gasteiger partial charge in [0, 0.05) is 39.7 Å². The largest absolute Gasteiger partial charge is 0.255 e. The topological polar surface area (TPSA) is 64.5 Å². The lowest BCUT2D eigenvalue weighted by atomic mass is 9.81. The maximum atomic E-state index is 5.31. The number of aromatic nitrogens is 5. The van der Waals surface area contributed by atoms with E-state index in [9.17, 15) is 0 Å². The van der Waals surface area contributed by atoms with Crippen molar-refractivity contribution in [3.63, 3.8) is 0 Å². The average Bonchev–Trinajstić information content (AvgIpc) is 3.54. The van der Waals surface area contributed by atoms with Crippen molar-refractivity contribution in [1.29, 1.82) is 0 Å². The Morgan fingerprint density at radius 2 is 0.831 bits per heavy atom. The van der Waals surface area contributed by atoms with Crippen molar-refractivity contribution in [2.75, 3.05) is 0 Å². The normalized spacial score (nSPS) is 12.7. The summed E-state index contributed by atoms with van der Waals surface area (Å²) in [7, 11) is 0. The van der Waals surface area contributed by atoms with Gasteiger partial charge in [0.1, 0.15) is 0 Å². The van der Waals surface area contributed by atoms with E-state index in [0.29, 0.717) is 0 Å². The molecule has 59 heavy (non-hydrogen) atoms. The van der Waals surface area contributed by atoms with Gasteiger partial charge in [-0.1, -0.05) is 123 Å². The first-order valence-electron chi connectivity index (χ1n) is 20.0. The Morgan fingerprint density at radius 1 is 0.322 bits per heavy atom. The number of hydrogen-bond donors (Lipinski definition) is 0. The van der Waals surface area contributed by atoms with Crippen LogP contribution in [0.2, 0.25) is 0 Å². The van der Waals surface area contributed by atoms with Crippen LogP contribution in [0.25, 0.3) is 100 Å². The molecule has 0 fully saturated rings. The predicted octanol–water partition coefficient (Wildman–Crippen LogP) is 13.3. The van der Waals surface area contributed by atoms with Gasteiger partial charge >= 0.3 is 0 Å². The molecule has 0 amide bonds. The van der Waals surface area contributed by atoms with Gasteiger partial charge in [0.05, 0.1) is 45.2 Å². The van der Waals surface area contributed by atoms with Crippen LogP contribution in [0.5, 0.6) is 0 Å². The van der Waals surface area contributed by atoms with Crippen LogP contribution in [0.15, 0.2) is 188 Å². The van der Waals surface area contributed by atoms with E-state index < -0.39 is 0 Å². The zero-order valence-electron chi connectivity index (χ0n) is 32.6. The van der Waals surface area contributed by atoms with Crippen molar-refractivity contribution >= 4 is 21.8 Å². The molecule has 278 valence electrons. The van der Waals surface area contributed by atoms with Gasteiger partial charge in [-0.15, -0.1) is 0 Å². The molecule has 5 heteroatoms. The quantitative estimate of drug-likeness (QED) is 0.158. The van der Waals surface area contributed by atoms with Crippen molar-refractivity contribution in [3.8, 4) is 78.7 Å². The molecule has 1 aliphatic carbocycles. The highest BCUT2D eigenvalue weighted by Gasteiger charge is 2.35. The number of pyridine rings is 5. The molecular weight excluding hydrogens is 719 g/mol. The van der Waals surface area contributed by atoms with Gasteiger partial charge in [0.25, 0.3) is 0 Å². The van der Waals surface area contributed by atoms with Crippen LogP contribution in [0.4, 0.5) is 0 Å². The smallest absolute Gasteiger partial charge is 0.0972 e. The number of hydrogen-bond acceptors (Lipinski definition) is 5. The van der Waals surface area contributed by atoms with Crippen LogP contribution in [0.3, 0.4) is 0 Å². The van der Waals surface area contributed by atoms with Crippen molar-refractivity contribution in [3.05, 3.63) is 199 Å². The summed E-state index contributed by atoms with van der Waals surface area (Å²) >= 11 is 0. The van der Waals surface area contributed by atoms with Crippen LogP contribution in [-0.2, 0) is 5.41 Å². The molecule has 5 aromatic carbocycles. The standard InChI is InChI=1S/C54H37N5/c1-54(2)44-16-4-3-15-42(44)43-24-21-38(31-45(43)54)36-11-9-13-39(29-36)46-25-22-34-19-20-35-23-26-47(59-53(35)52(34)58-46)40-14-10-12-37(30-40)41-32-50(48-17-5-7-27-55-48)57-51(33-41)49-18-6-8-28-56-49/h3-33H,1-2H3. The summed E-state index contributed by atoms with van der Waals surface area (Å²) in [6.45, 7) is 4.66.